The van der Waals surface area contributed by atoms with Gasteiger partial charge in [-0.15, -0.1) is 0 Å². The molecule has 0 aliphatic carbocycles. The summed E-state index contributed by atoms with van der Waals surface area (Å²) in [6.07, 6.45) is 2.01. The van der Waals surface area contributed by atoms with E-state index in [1.54, 1.807) is 18.2 Å². The zero-order valence-electron chi connectivity index (χ0n) is 13.0. The van der Waals surface area contributed by atoms with E-state index >= 15 is 0 Å². The van der Waals surface area contributed by atoms with Crippen LogP contribution < -0.4 is 10.6 Å². The topological polar surface area (TPSA) is 71.1 Å². The summed E-state index contributed by atoms with van der Waals surface area (Å²) >= 11 is 0. The summed E-state index contributed by atoms with van der Waals surface area (Å²) in [6.45, 7) is 4.39. The van der Waals surface area contributed by atoms with Crippen molar-refractivity contribution in [2.24, 2.45) is 0 Å². The molecule has 0 unspecified atom stereocenters. The highest BCUT2D eigenvalue weighted by Gasteiger charge is 2.11. The molecule has 0 aliphatic rings. The Balaban J connectivity index is 2.17. The maximum absolute atomic E-state index is 12.8. The average Bonchev–Trinajstić information content (AvgIpc) is 2.55. The molecule has 0 saturated carbocycles. The van der Waals surface area contributed by atoms with E-state index in [-0.39, 0.29) is 11.5 Å². The lowest BCUT2D eigenvalue weighted by molar-refractivity contribution is 0.0952. The molecule has 0 spiro atoms. The fourth-order valence-electron chi connectivity index (χ4n) is 1.94. The van der Waals surface area contributed by atoms with E-state index in [4.69, 9.17) is 0 Å². The first kappa shape index (κ1) is 16.6. The van der Waals surface area contributed by atoms with Crippen LogP contribution >= 0.6 is 0 Å². The molecule has 0 aliphatic heterocycles. The number of halogens is 1. The Kier molecular flexibility index (Phi) is 5.41. The molecule has 2 amide bonds. The lowest BCUT2D eigenvalue weighted by Crippen LogP contribution is -2.24. The van der Waals surface area contributed by atoms with E-state index in [1.807, 2.05) is 13.8 Å². The Labute approximate surface area is 133 Å². The molecular weight excluding hydrogens is 297 g/mol. The van der Waals surface area contributed by atoms with Gasteiger partial charge < -0.3 is 10.6 Å². The summed E-state index contributed by atoms with van der Waals surface area (Å²) in [5.41, 5.74) is 2.06. The van der Waals surface area contributed by atoms with Crippen LogP contribution in [0.1, 0.15) is 39.6 Å². The zero-order valence-corrected chi connectivity index (χ0v) is 13.0. The quantitative estimate of drug-likeness (QED) is 0.833. The molecule has 6 heteroatoms. The smallest absolute Gasteiger partial charge is 0.257 e. The van der Waals surface area contributed by atoms with E-state index in [1.165, 1.54) is 6.07 Å². The number of anilines is 1. The van der Waals surface area contributed by atoms with Gasteiger partial charge in [-0.1, -0.05) is 13.0 Å². The molecule has 23 heavy (non-hydrogen) atoms. The standard InChI is InChI=1S/C17H18FN3O2/c1-3-8-19-16(22)12-5-4-11(2)14(9-12)21-17(23)13-6-7-15(18)20-10-13/h4-7,9-10H,3,8H2,1-2H3,(H,19,22)(H,21,23). The second-order valence-corrected chi connectivity index (χ2v) is 5.11. The molecular formula is C17H18FN3O2. The van der Waals surface area contributed by atoms with Gasteiger partial charge in [-0.25, -0.2) is 4.98 Å². The lowest BCUT2D eigenvalue weighted by Gasteiger charge is -2.11. The summed E-state index contributed by atoms with van der Waals surface area (Å²) < 4.78 is 12.8. The first-order valence-electron chi connectivity index (χ1n) is 7.33. The monoisotopic (exact) mass is 315 g/mol. The van der Waals surface area contributed by atoms with Crippen LogP contribution in [-0.2, 0) is 0 Å². The first-order valence-corrected chi connectivity index (χ1v) is 7.33. The summed E-state index contributed by atoms with van der Waals surface area (Å²) in [5, 5.41) is 5.50. The number of benzene rings is 1. The van der Waals surface area contributed by atoms with Gasteiger partial charge in [0.1, 0.15) is 0 Å². The fourth-order valence-corrected chi connectivity index (χ4v) is 1.94. The van der Waals surface area contributed by atoms with Gasteiger partial charge in [0.05, 0.1) is 5.56 Å². The van der Waals surface area contributed by atoms with E-state index in [2.05, 4.69) is 15.6 Å². The van der Waals surface area contributed by atoms with Crippen LogP contribution in [0.3, 0.4) is 0 Å². The molecule has 0 saturated heterocycles. The number of hydrogen-bond acceptors (Lipinski definition) is 3. The zero-order chi connectivity index (χ0) is 16.8. The van der Waals surface area contributed by atoms with Crippen molar-refractivity contribution in [2.75, 3.05) is 11.9 Å². The largest absolute Gasteiger partial charge is 0.352 e. The van der Waals surface area contributed by atoms with Gasteiger partial charge in [-0.05, 0) is 43.2 Å². The average molecular weight is 315 g/mol. The van der Waals surface area contributed by atoms with Crippen molar-refractivity contribution in [2.45, 2.75) is 20.3 Å². The number of aryl methyl sites for hydroxylation is 1. The Morgan fingerprint density at radius 3 is 2.52 bits per heavy atom. The summed E-state index contributed by atoms with van der Waals surface area (Å²) in [5.74, 6) is -1.25. The van der Waals surface area contributed by atoms with Crippen LogP contribution in [0.25, 0.3) is 0 Å². The first-order chi connectivity index (χ1) is 11.0. The van der Waals surface area contributed by atoms with E-state index in [0.717, 1.165) is 24.2 Å². The highest BCUT2D eigenvalue weighted by molar-refractivity contribution is 6.05. The number of nitrogens with one attached hydrogen (secondary N) is 2. The van der Waals surface area contributed by atoms with Gasteiger partial charge in [0.15, 0.2) is 0 Å². The van der Waals surface area contributed by atoms with Crippen molar-refractivity contribution in [1.82, 2.24) is 10.3 Å². The molecule has 120 valence electrons. The minimum absolute atomic E-state index is 0.189. The summed E-state index contributed by atoms with van der Waals surface area (Å²) in [7, 11) is 0. The number of nitrogens with zero attached hydrogens (tertiary/aromatic N) is 1. The number of pyridine rings is 1. The highest BCUT2D eigenvalue weighted by Crippen LogP contribution is 2.18. The number of amides is 2. The highest BCUT2D eigenvalue weighted by atomic mass is 19.1. The van der Waals surface area contributed by atoms with Crippen LogP contribution in [0.5, 0.6) is 0 Å². The van der Waals surface area contributed by atoms with Gasteiger partial charge in [-0.2, -0.15) is 4.39 Å². The van der Waals surface area contributed by atoms with Gasteiger partial charge in [0.25, 0.3) is 11.8 Å². The van der Waals surface area contributed by atoms with Gasteiger partial charge >= 0.3 is 0 Å². The molecule has 5 nitrogen and oxygen atoms in total. The third-order valence-electron chi connectivity index (χ3n) is 3.27. The Morgan fingerprint density at radius 1 is 1.13 bits per heavy atom. The summed E-state index contributed by atoms with van der Waals surface area (Å²) in [6, 6.07) is 7.56. The number of carbonyl (C=O) groups excluding carboxylic acids is 2. The minimum atomic E-state index is -0.646. The van der Waals surface area contributed by atoms with Crippen LogP contribution in [0.15, 0.2) is 36.5 Å². The predicted molar refractivity (Wildman–Crippen MR) is 86.0 cm³/mol. The Bertz CT molecular complexity index is 714. The normalized spacial score (nSPS) is 10.2. The molecule has 2 N–H and O–H groups in total. The van der Waals surface area contributed by atoms with E-state index in [0.29, 0.717) is 17.8 Å². The van der Waals surface area contributed by atoms with Crippen molar-refractivity contribution in [1.29, 1.82) is 0 Å². The fraction of sp³-hybridized carbons (Fsp3) is 0.235. The van der Waals surface area contributed by atoms with Crippen molar-refractivity contribution < 1.29 is 14.0 Å². The van der Waals surface area contributed by atoms with E-state index in [9.17, 15) is 14.0 Å². The number of rotatable bonds is 5. The molecule has 1 heterocycles. The lowest BCUT2D eigenvalue weighted by atomic mass is 10.1. The van der Waals surface area contributed by atoms with Crippen LogP contribution in [0.2, 0.25) is 0 Å². The molecule has 0 bridgehead atoms. The van der Waals surface area contributed by atoms with Crippen LogP contribution in [0.4, 0.5) is 10.1 Å². The van der Waals surface area contributed by atoms with Crippen molar-refractivity contribution in [3.05, 3.63) is 59.2 Å². The van der Waals surface area contributed by atoms with Crippen LogP contribution in [0, 0.1) is 12.9 Å². The number of hydrogen-bond donors (Lipinski definition) is 2. The van der Waals surface area contributed by atoms with Gasteiger partial charge in [0, 0.05) is 24.0 Å². The molecule has 1 aromatic carbocycles. The Morgan fingerprint density at radius 2 is 1.87 bits per heavy atom. The Hall–Kier alpha value is -2.76. The minimum Gasteiger partial charge on any atom is -0.352 e. The number of aromatic nitrogens is 1. The maximum atomic E-state index is 12.8. The molecule has 1 aromatic heterocycles. The molecule has 2 rings (SSSR count). The van der Waals surface area contributed by atoms with Gasteiger partial charge in [0.2, 0.25) is 5.95 Å². The molecule has 2 aromatic rings. The third-order valence-corrected chi connectivity index (χ3v) is 3.27. The third kappa shape index (κ3) is 4.35. The van der Waals surface area contributed by atoms with Crippen molar-refractivity contribution >= 4 is 17.5 Å². The van der Waals surface area contributed by atoms with Crippen LogP contribution in [-0.4, -0.2) is 23.3 Å². The van der Waals surface area contributed by atoms with Gasteiger partial charge in [-0.3, -0.25) is 9.59 Å². The predicted octanol–water partition coefficient (Wildman–Crippen LogP) is 2.92. The molecule has 0 fully saturated rings. The second kappa shape index (κ2) is 7.49. The molecule has 0 radical (unpaired) electrons. The maximum Gasteiger partial charge on any atom is 0.257 e. The summed E-state index contributed by atoms with van der Waals surface area (Å²) in [4.78, 5) is 27.6. The van der Waals surface area contributed by atoms with Crippen molar-refractivity contribution in [3.63, 3.8) is 0 Å². The van der Waals surface area contributed by atoms with Crippen molar-refractivity contribution in [3.8, 4) is 0 Å². The number of carbonyl (C=O) groups is 2. The SMILES string of the molecule is CCCNC(=O)c1ccc(C)c(NC(=O)c2ccc(F)nc2)c1. The van der Waals surface area contributed by atoms with E-state index < -0.39 is 11.9 Å². The molecule has 0 atom stereocenters. The second-order valence-electron chi connectivity index (χ2n) is 5.11.